The summed E-state index contributed by atoms with van der Waals surface area (Å²) in [7, 11) is 0. The lowest BCUT2D eigenvalue weighted by Gasteiger charge is -2.34. The van der Waals surface area contributed by atoms with Gasteiger partial charge in [0.1, 0.15) is 12.4 Å². The Hall–Kier alpha value is -2.44. The molecule has 0 spiro atoms. The third kappa shape index (κ3) is 2.48. The van der Waals surface area contributed by atoms with Crippen LogP contribution in [-0.4, -0.2) is 20.5 Å². The summed E-state index contributed by atoms with van der Waals surface area (Å²) in [5, 5.41) is 10.4. The van der Waals surface area contributed by atoms with Gasteiger partial charge in [0.05, 0.1) is 0 Å². The number of anilines is 1. The molecule has 0 saturated heterocycles. The number of Topliss-reactive ketones (excluding diaryl/α,β-unsaturated/α-hetero) is 1. The zero-order valence-electron chi connectivity index (χ0n) is 13.7. The SMILES string of the molecule is O=C1C[C@@H](c2cccs2)CC2=C1[C@@H](c1ccc(Cl)cc1)n1ncnc1N2. The molecule has 0 saturated carbocycles. The normalized spacial score (nSPS) is 22.0. The molecular weight excluding hydrogens is 368 g/mol. The van der Waals surface area contributed by atoms with E-state index in [1.54, 1.807) is 16.0 Å². The molecule has 5 nitrogen and oxygen atoms in total. The number of ketones is 1. The van der Waals surface area contributed by atoms with E-state index in [1.165, 1.54) is 11.2 Å². The molecule has 1 N–H and O–H groups in total. The quantitative estimate of drug-likeness (QED) is 0.713. The number of hydrogen-bond donors (Lipinski definition) is 1. The zero-order valence-corrected chi connectivity index (χ0v) is 15.3. The lowest BCUT2D eigenvalue weighted by molar-refractivity contribution is -0.116. The van der Waals surface area contributed by atoms with Crippen LogP contribution in [0.2, 0.25) is 5.02 Å². The topological polar surface area (TPSA) is 59.8 Å². The Morgan fingerprint density at radius 3 is 2.81 bits per heavy atom. The highest BCUT2D eigenvalue weighted by atomic mass is 35.5. The van der Waals surface area contributed by atoms with Gasteiger partial charge < -0.3 is 5.32 Å². The first-order chi connectivity index (χ1) is 12.7. The van der Waals surface area contributed by atoms with Crippen LogP contribution in [0.4, 0.5) is 5.95 Å². The van der Waals surface area contributed by atoms with Gasteiger partial charge in [0.15, 0.2) is 5.78 Å². The molecule has 0 unspecified atom stereocenters. The van der Waals surface area contributed by atoms with Gasteiger partial charge in [-0.25, -0.2) is 4.68 Å². The van der Waals surface area contributed by atoms with E-state index in [1.807, 2.05) is 30.3 Å². The Labute approximate surface area is 159 Å². The summed E-state index contributed by atoms with van der Waals surface area (Å²) in [6.07, 6.45) is 2.85. The highest BCUT2D eigenvalue weighted by Crippen LogP contribution is 2.44. The van der Waals surface area contributed by atoms with Gasteiger partial charge >= 0.3 is 0 Å². The number of benzene rings is 1. The average Bonchev–Trinajstić information content (AvgIpc) is 3.32. The second kappa shape index (κ2) is 6.07. The van der Waals surface area contributed by atoms with E-state index in [0.29, 0.717) is 17.4 Å². The molecule has 3 aromatic rings. The van der Waals surface area contributed by atoms with Crippen LogP contribution in [0.1, 0.15) is 35.2 Å². The van der Waals surface area contributed by atoms with Crippen molar-refractivity contribution in [3.8, 4) is 0 Å². The fraction of sp³-hybridized carbons (Fsp3) is 0.211. The summed E-state index contributed by atoms with van der Waals surface area (Å²) >= 11 is 7.75. The van der Waals surface area contributed by atoms with Crippen LogP contribution in [0.3, 0.4) is 0 Å². The number of fused-ring (bicyclic) bond motifs is 1. The number of rotatable bonds is 2. The molecule has 130 valence electrons. The molecule has 7 heteroatoms. The summed E-state index contributed by atoms with van der Waals surface area (Å²) in [6.45, 7) is 0. The number of hydrogen-bond acceptors (Lipinski definition) is 5. The standard InChI is InChI=1S/C19H15ClN4OS/c20-13-5-3-11(4-6-13)18-17-14(23-19-21-10-22-24(18)19)8-12(9-15(17)25)16-2-1-7-26-16/h1-7,10,12,18H,8-9H2,(H,21,22,23)/t12-,18+/m0/s1. The number of nitrogens with one attached hydrogen (secondary N) is 1. The number of nitrogens with zero attached hydrogens (tertiary/aromatic N) is 3. The lowest BCUT2D eigenvalue weighted by atomic mass is 9.80. The predicted octanol–water partition coefficient (Wildman–Crippen LogP) is 4.41. The summed E-state index contributed by atoms with van der Waals surface area (Å²) in [6, 6.07) is 11.5. The largest absolute Gasteiger partial charge is 0.328 e. The maximum absolute atomic E-state index is 13.1. The van der Waals surface area contributed by atoms with Crippen LogP contribution >= 0.6 is 22.9 Å². The third-order valence-electron chi connectivity index (χ3n) is 4.99. The van der Waals surface area contributed by atoms with Crippen molar-refractivity contribution in [1.82, 2.24) is 14.8 Å². The van der Waals surface area contributed by atoms with E-state index in [4.69, 9.17) is 11.6 Å². The molecule has 2 atom stereocenters. The van der Waals surface area contributed by atoms with Crippen LogP contribution in [0.25, 0.3) is 0 Å². The predicted molar refractivity (Wildman–Crippen MR) is 102 cm³/mol. The zero-order chi connectivity index (χ0) is 17.7. The van der Waals surface area contributed by atoms with Crippen molar-refractivity contribution in [3.05, 3.63) is 74.8 Å². The maximum atomic E-state index is 13.1. The van der Waals surface area contributed by atoms with E-state index in [0.717, 1.165) is 23.3 Å². The molecule has 5 rings (SSSR count). The van der Waals surface area contributed by atoms with E-state index >= 15 is 0 Å². The minimum atomic E-state index is -0.266. The molecule has 1 aliphatic carbocycles. The molecular formula is C19H15ClN4OS. The minimum Gasteiger partial charge on any atom is -0.328 e. The Morgan fingerprint density at radius 2 is 2.04 bits per heavy atom. The molecule has 1 aromatic carbocycles. The Balaban J connectivity index is 1.62. The van der Waals surface area contributed by atoms with Crippen LogP contribution < -0.4 is 5.32 Å². The van der Waals surface area contributed by atoms with Crippen LogP contribution in [0.15, 0.2) is 59.4 Å². The van der Waals surface area contributed by atoms with Gasteiger partial charge in [-0.15, -0.1) is 11.3 Å². The molecule has 26 heavy (non-hydrogen) atoms. The third-order valence-corrected chi connectivity index (χ3v) is 6.28. The van der Waals surface area contributed by atoms with Crippen molar-refractivity contribution in [2.45, 2.75) is 24.8 Å². The van der Waals surface area contributed by atoms with Crippen molar-refractivity contribution in [1.29, 1.82) is 0 Å². The number of thiophene rings is 1. The van der Waals surface area contributed by atoms with Crippen molar-refractivity contribution < 1.29 is 4.79 Å². The fourth-order valence-corrected chi connectivity index (χ4v) is 4.79. The lowest BCUT2D eigenvalue weighted by Crippen LogP contribution is -2.33. The number of halogens is 1. The van der Waals surface area contributed by atoms with Gasteiger partial charge in [0.25, 0.3) is 0 Å². The number of carbonyl (C=O) groups excluding carboxylic acids is 1. The first kappa shape index (κ1) is 15.8. The first-order valence-corrected chi connectivity index (χ1v) is 9.68. The Morgan fingerprint density at radius 1 is 1.19 bits per heavy atom. The maximum Gasteiger partial charge on any atom is 0.226 e. The molecule has 0 fully saturated rings. The Bertz CT molecular complexity index is 1010. The van der Waals surface area contributed by atoms with Crippen LogP contribution in [-0.2, 0) is 4.79 Å². The van der Waals surface area contributed by atoms with Gasteiger partial charge in [-0.1, -0.05) is 29.8 Å². The number of aromatic nitrogens is 3. The minimum absolute atomic E-state index is 0.165. The van der Waals surface area contributed by atoms with Crippen molar-refractivity contribution in [2.75, 3.05) is 5.32 Å². The molecule has 0 bridgehead atoms. The summed E-state index contributed by atoms with van der Waals surface area (Å²) in [4.78, 5) is 18.7. The molecule has 3 heterocycles. The van der Waals surface area contributed by atoms with Gasteiger partial charge in [-0.05, 0) is 35.6 Å². The van der Waals surface area contributed by atoms with Gasteiger partial charge in [0, 0.05) is 33.5 Å². The second-order valence-corrected chi connectivity index (χ2v) is 7.96. The molecule has 0 radical (unpaired) electrons. The monoisotopic (exact) mass is 382 g/mol. The van der Waals surface area contributed by atoms with Gasteiger partial charge in [0.2, 0.25) is 5.95 Å². The highest BCUT2D eigenvalue weighted by molar-refractivity contribution is 7.10. The molecule has 0 amide bonds. The Kier molecular flexibility index (Phi) is 3.69. The summed E-state index contributed by atoms with van der Waals surface area (Å²) in [5.74, 6) is 1.05. The number of carbonyl (C=O) groups is 1. The van der Waals surface area contributed by atoms with Crippen LogP contribution in [0, 0.1) is 0 Å². The second-order valence-electron chi connectivity index (χ2n) is 6.54. The van der Waals surface area contributed by atoms with Crippen molar-refractivity contribution in [3.63, 3.8) is 0 Å². The fourth-order valence-electron chi connectivity index (χ4n) is 3.83. The van der Waals surface area contributed by atoms with Crippen molar-refractivity contribution >= 4 is 34.7 Å². The van der Waals surface area contributed by atoms with Crippen molar-refractivity contribution in [2.24, 2.45) is 0 Å². The average molecular weight is 383 g/mol. The van der Waals surface area contributed by atoms with Gasteiger partial charge in [-0.2, -0.15) is 10.1 Å². The molecule has 2 aliphatic rings. The van der Waals surface area contributed by atoms with E-state index in [9.17, 15) is 4.79 Å². The summed E-state index contributed by atoms with van der Waals surface area (Å²) < 4.78 is 1.78. The molecule has 2 aromatic heterocycles. The number of allylic oxidation sites excluding steroid dienone is 2. The smallest absolute Gasteiger partial charge is 0.226 e. The van der Waals surface area contributed by atoms with E-state index in [2.05, 4.69) is 26.8 Å². The highest BCUT2D eigenvalue weighted by Gasteiger charge is 2.39. The van der Waals surface area contributed by atoms with Crippen LogP contribution in [0.5, 0.6) is 0 Å². The summed E-state index contributed by atoms with van der Waals surface area (Å²) in [5.41, 5.74) is 2.73. The van der Waals surface area contributed by atoms with Gasteiger partial charge in [-0.3, -0.25) is 4.79 Å². The molecule has 1 aliphatic heterocycles. The van der Waals surface area contributed by atoms with E-state index in [-0.39, 0.29) is 17.7 Å². The van der Waals surface area contributed by atoms with E-state index < -0.39 is 0 Å². The first-order valence-electron chi connectivity index (χ1n) is 8.42.